The van der Waals surface area contributed by atoms with Crippen molar-refractivity contribution < 1.29 is 0 Å². The van der Waals surface area contributed by atoms with E-state index in [-0.39, 0.29) is 5.54 Å². The SMILES string of the molecule is CCCC1(N)CN(c2ccc(Br)cn2)C1. The summed E-state index contributed by atoms with van der Waals surface area (Å²) in [6, 6.07) is 4.04. The largest absolute Gasteiger partial charge is 0.353 e. The van der Waals surface area contributed by atoms with Crippen LogP contribution in [0.3, 0.4) is 0 Å². The van der Waals surface area contributed by atoms with E-state index in [4.69, 9.17) is 5.73 Å². The van der Waals surface area contributed by atoms with Gasteiger partial charge < -0.3 is 10.6 Å². The first-order chi connectivity index (χ1) is 7.13. The van der Waals surface area contributed by atoms with Gasteiger partial charge in [0.2, 0.25) is 0 Å². The summed E-state index contributed by atoms with van der Waals surface area (Å²) in [5.74, 6) is 1.02. The fourth-order valence-electron chi connectivity index (χ4n) is 2.09. The molecule has 0 bridgehead atoms. The standard InChI is InChI=1S/C11H16BrN3/c1-2-5-11(13)7-15(8-11)10-4-3-9(12)6-14-10/h3-4,6H,2,5,7-8,13H2,1H3. The highest BCUT2D eigenvalue weighted by Crippen LogP contribution is 2.28. The molecule has 4 heteroatoms. The first-order valence-electron chi connectivity index (χ1n) is 5.28. The van der Waals surface area contributed by atoms with Crippen LogP contribution in [-0.4, -0.2) is 23.6 Å². The molecule has 0 aromatic carbocycles. The molecule has 1 saturated heterocycles. The Kier molecular flexibility index (Phi) is 2.98. The number of hydrogen-bond donors (Lipinski definition) is 1. The summed E-state index contributed by atoms with van der Waals surface area (Å²) >= 11 is 3.38. The fraction of sp³-hybridized carbons (Fsp3) is 0.545. The van der Waals surface area contributed by atoms with Crippen molar-refractivity contribution in [3.8, 4) is 0 Å². The summed E-state index contributed by atoms with van der Waals surface area (Å²) in [5, 5.41) is 0. The van der Waals surface area contributed by atoms with Crippen LogP contribution >= 0.6 is 15.9 Å². The van der Waals surface area contributed by atoms with Crippen LogP contribution in [0, 0.1) is 0 Å². The topological polar surface area (TPSA) is 42.1 Å². The van der Waals surface area contributed by atoms with Gasteiger partial charge in [0.25, 0.3) is 0 Å². The van der Waals surface area contributed by atoms with E-state index in [1.54, 1.807) is 0 Å². The van der Waals surface area contributed by atoms with Gasteiger partial charge in [0, 0.05) is 23.8 Å². The molecular weight excluding hydrogens is 254 g/mol. The molecule has 0 saturated carbocycles. The lowest BCUT2D eigenvalue weighted by molar-refractivity contribution is 0.306. The third-order valence-corrected chi connectivity index (χ3v) is 3.26. The molecule has 0 aliphatic carbocycles. The zero-order valence-electron chi connectivity index (χ0n) is 8.91. The lowest BCUT2D eigenvalue weighted by Crippen LogP contribution is -2.67. The van der Waals surface area contributed by atoms with Crippen LogP contribution in [0.5, 0.6) is 0 Å². The maximum absolute atomic E-state index is 6.19. The molecule has 2 N–H and O–H groups in total. The molecule has 82 valence electrons. The summed E-state index contributed by atoms with van der Waals surface area (Å²) in [5.41, 5.74) is 6.21. The molecule has 2 rings (SSSR count). The smallest absolute Gasteiger partial charge is 0.128 e. The average Bonchev–Trinajstić information content (AvgIpc) is 2.16. The molecule has 1 fully saturated rings. The van der Waals surface area contributed by atoms with Gasteiger partial charge in [0.1, 0.15) is 5.82 Å². The zero-order valence-corrected chi connectivity index (χ0v) is 10.5. The number of aromatic nitrogens is 1. The summed E-state index contributed by atoms with van der Waals surface area (Å²) in [6.45, 7) is 4.03. The van der Waals surface area contributed by atoms with Crippen molar-refractivity contribution in [3.63, 3.8) is 0 Å². The minimum absolute atomic E-state index is 0.0174. The lowest BCUT2D eigenvalue weighted by atomic mass is 9.86. The minimum atomic E-state index is 0.0174. The van der Waals surface area contributed by atoms with Crippen molar-refractivity contribution in [1.82, 2.24) is 4.98 Å². The van der Waals surface area contributed by atoms with Crippen LogP contribution in [0.1, 0.15) is 19.8 Å². The van der Waals surface area contributed by atoms with Gasteiger partial charge in [-0.2, -0.15) is 0 Å². The maximum atomic E-state index is 6.19. The molecule has 0 radical (unpaired) electrons. The molecule has 0 spiro atoms. The zero-order chi connectivity index (χ0) is 10.9. The van der Waals surface area contributed by atoms with E-state index in [1.807, 2.05) is 18.3 Å². The second-order valence-corrected chi connectivity index (χ2v) is 5.22. The van der Waals surface area contributed by atoms with E-state index in [1.165, 1.54) is 0 Å². The molecule has 15 heavy (non-hydrogen) atoms. The third-order valence-electron chi connectivity index (χ3n) is 2.80. The molecule has 0 amide bonds. The summed E-state index contributed by atoms with van der Waals surface area (Å²) in [7, 11) is 0. The molecule has 3 nitrogen and oxygen atoms in total. The monoisotopic (exact) mass is 269 g/mol. The minimum Gasteiger partial charge on any atom is -0.353 e. The number of nitrogens with two attached hydrogens (primary N) is 1. The predicted octanol–water partition coefficient (Wildman–Crippen LogP) is 2.16. The van der Waals surface area contributed by atoms with E-state index in [9.17, 15) is 0 Å². The van der Waals surface area contributed by atoms with Gasteiger partial charge in [-0.05, 0) is 34.5 Å². The first kappa shape index (κ1) is 10.9. The van der Waals surface area contributed by atoms with Crippen LogP contribution in [-0.2, 0) is 0 Å². The number of halogens is 1. The van der Waals surface area contributed by atoms with Gasteiger partial charge in [-0.3, -0.25) is 0 Å². The molecule has 1 aliphatic rings. The van der Waals surface area contributed by atoms with Crippen molar-refractivity contribution in [3.05, 3.63) is 22.8 Å². The van der Waals surface area contributed by atoms with Crippen molar-refractivity contribution >= 4 is 21.7 Å². The van der Waals surface area contributed by atoms with Gasteiger partial charge >= 0.3 is 0 Å². The Balaban J connectivity index is 1.97. The van der Waals surface area contributed by atoms with Gasteiger partial charge in [0.05, 0.1) is 5.54 Å². The fourth-order valence-corrected chi connectivity index (χ4v) is 2.32. The Morgan fingerprint density at radius 2 is 2.27 bits per heavy atom. The van der Waals surface area contributed by atoms with Crippen molar-refractivity contribution in [2.24, 2.45) is 5.73 Å². The Labute approximate surface area is 98.8 Å². The van der Waals surface area contributed by atoms with Crippen LogP contribution in [0.25, 0.3) is 0 Å². The number of nitrogens with zero attached hydrogens (tertiary/aromatic N) is 2. The normalized spacial score (nSPS) is 18.7. The summed E-state index contributed by atoms with van der Waals surface area (Å²) < 4.78 is 1.01. The highest BCUT2D eigenvalue weighted by molar-refractivity contribution is 9.10. The van der Waals surface area contributed by atoms with Crippen LogP contribution < -0.4 is 10.6 Å². The van der Waals surface area contributed by atoms with Crippen LogP contribution in [0.2, 0.25) is 0 Å². The average molecular weight is 270 g/mol. The number of rotatable bonds is 3. The van der Waals surface area contributed by atoms with Crippen LogP contribution in [0.15, 0.2) is 22.8 Å². The number of hydrogen-bond acceptors (Lipinski definition) is 3. The highest BCUT2D eigenvalue weighted by atomic mass is 79.9. The molecular formula is C11H16BrN3. The summed E-state index contributed by atoms with van der Waals surface area (Å²) in [4.78, 5) is 6.57. The molecule has 2 heterocycles. The Bertz CT molecular complexity index is 330. The number of pyridine rings is 1. The van der Waals surface area contributed by atoms with E-state index in [2.05, 4.69) is 32.7 Å². The molecule has 1 aliphatic heterocycles. The van der Waals surface area contributed by atoms with Crippen molar-refractivity contribution in [1.29, 1.82) is 0 Å². The van der Waals surface area contributed by atoms with Gasteiger partial charge in [-0.25, -0.2) is 4.98 Å². The Morgan fingerprint density at radius 3 is 2.80 bits per heavy atom. The van der Waals surface area contributed by atoms with Gasteiger partial charge in [-0.15, -0.1) is 0 Å². The van der Waals surface area contributed by atoms with E-state index in [0.717, 1.165) is 36.2 Å². The van der Waals surface area contributed by atoms with Gasteiger partial charge in [-0.1, -0.05) is 13.3 Å². The first-order valence-corrected chi connectivity index (χ1v) is 6.08. The summed E-state index contributed by atoms with van der Waals surface area (Å²) in [6.07, 6.45) is 4.07. The quantitative estimate of drug-likeness (QED) is 0.915. The molecule has 0 unspecified atom stereocenters. The molecule has 1 aromatic heterocycles. The Hall–Kier alpha value is -0.610. The maximum Gasteiger partial charge on any atom is 0.128 e. The van der Waals surface area contributed by atoms with Crippen molar-refractivity contribution in [2.75, 3.05) is 18.0 Å². The lowest BCUT2D eigenvalue weighted by Gasteiger charge is -2.48. The molecule has 1 aromatic rings. The van der Waals surface area contributed by atoms with E-state index < -0.39 is 0 Å². The highest BCUT2D eigenvalue weighted by Gasteiger charge is 2.38. The second kappa shape index (κ2) is 4.10. The second-order valence-electron chi connectivity index (χ2n) is 4.30. The number of anilines is 1. The van der Waals surface area contributed by atoms with Crippen LogP contribution in [0.4, 0.5) is 5.82 Å². The van der Waals surface area contributed by atoms with E-state index >= 15 is 0 Å². The van der Waals surface area contributed by atoms with Gasteiger partial charge in [0.15, 0.2) is 0 Å². The van der Waals surface area contributed by atoms with E-state index in [0.29, 0.717) is 0 Å². The van der Waals surface area contributed by atoms with Crippen molar-refractivity contribution in [2.45, 2.75) is 25.3 Å². The third kappa shape index (κ3) is 2.32. The molecule has 0 atom stereocenters. The predicted molar refractivity (Wildman–Crippen MR) is 66.0 cm³/mol. The Morgan fingerprint density at radius 1 is 1.53 bits per heavy atom.